The van der Waals surface area contributed by atoms with Crippen molar-refractivity contribution in [1.82, 2.24) is 4.98 Å². The highest BCUT2D eigenvalue weighted by Crippen LogP contribution is 2.05. The van der Waals surface area contributed by atoms with Crippen molar-refractivity contribution in [2.24, 2.45) is 0 Å². The molecule has 0 aliphatic heterocycles. The van der Waals surface area contributed by atoms with Crippen LogP contribution < -0.4 is 0 Å². The Hall–Kier alpha value is -1.52. The summed E-state index contributed by atoms with van der Waals surface area (Å²) in [7, 11) is 1.64. The van der Waals surface area contributed by atoms with Gasteiger partial charge in [-0.2, -0.15) is 5.26 Å². The Bertz CT molecular complexity index is 406. The van der Waals surface area contributed by atoms with Gasteiger partial charge in [-0.1, -0.05) is 6.07 Å². The first-order valence-corrected chi connectivity index (χ1v) is 6.44. The Kier molecular flexibility index (Phi) is 9.36. The predicted octanol–water partition coefficient (Wildman–Crippen LogP) is 1.15. The fourth-order valence-electron chi connectivity index (χ4n) is 1.42. The second-order valence-corrected chi connectivity index (χ2v) is 3.89. The SMILES string of the molecule is COCCOCCOCCOCc1cccnc1C#N. The van der Waals surface area contributed by atoms with Crippen LogP contribution in [0.1, 0.15) is 11.3 Å². The maximum absolute atomic E-state index is 8.86. The Morgan fingerprint density at radius 2 is 1.70 bits per heavy atom. The van der Waals surface area contributed by atoms with Gasteiger partial charge in [-0.25, -0.2) is 4.98 Å². The number of hydrogen-bond acceptors (Lipinski definition) is 6. The highest BCUT2D eigenvalue weighted by molar-refractivity contribution is 5.29. The van der Waals surface area contributed by atoms with Crippen molar-refractivity contribution in [3.63, 3.8) is 0 Å². The van der Waals surface area contributed by atoms with Crippen LogP contribution in [0.25, 0.3) is 0 Å². The van der Waals surface area contributed by atoms with Crippen LogP contribution in [0.3, 0.4) is 0 Å². The summed E-state index contributed by atoms with van der Waals surface area (Å²) in [6.07, 6.45) is 1.59. The standard InChI is InChI=1S/C14H20N2O4/c1-17-5-6-18-7-8-19-9-10-20-12-13-3-2-4-16-14(13)11-15/h2-4H,5-10,12H2,1H3. The van der Waals surface area contributed by atoms with Crippen LogP contribution in [-0.2, 0) is 25.6 Å². The number of ether oxygens (including phenoxy) is 4. The lowest BCUT2D eigenvalue weighted by molar-refractivity contribution is 0.000812. The molecule has 0 bridgehead atoms. The van der Waals surface area contributed by atoms with Crippen molar-refractivity contribution in [3.05, 3.63) is 29.6 Å². The van der Waals surface area contributed by atoms with Gasteiger partial charge in [0.1, 0.15) is 11.8 Å². The molecule has 0 radical (unpaired) electrons. The third kappa shape index (κ3) is 7.16. The Morgan fingerprint density at radius 3 is 2.35 bits per heavy atom. The van der Waals surface area contributed by atoms with Crippen molar-refractivity contribution in [3.8, 4) is 6.07 Å². The van der Waals surface area contributed by atoms with Gasteiger partial charge in [0.15, 0.2) is 0 Å². The molecule has 0 fully saturated rings. The van der Waals surface area contributed by atoms with E-state index in [9.17, 15) is 0 Å². The van der Waals surface area contributed by atoms with Crippen LogP contribution in [-0.4, -0.2) is 51.7 Å². The number of pyridine rings is 1. The van der Waals surface area contributed by atoms with Crippen molar-refractivity contribution in [2.45, 2.75) is 6.61 Å². The molecule has 1 aromatic heterocycles. The molecule has 6 heteroatoms. The summed E-state index contributed by atoms with van der Waals surface area (Å²) >= 11 is 0. The predicted molar refractivity (Wildman–Crippen MR) is 72.1 cm³/mol. The van der Waals surface area contributed by atoms with Crippen molar-refractivity contribution in [2.75, 3.05) is 46.8 Å². The van der Waals surface area contributed by atoms with Crippen LogP contribution >= 0.6 is 0 Å². The second-order valence-electron chi connectivity index (χ2n) is 3.89. The first-order chi connectivity index (χ1) is 9.88. The summed E-state index contributed by atoms with van der Waals surface area (Å²) in [5.41, 5.74) is 1.19. The van der Waals surface area contributed by atoms with E-state index in [1.165, 1.54) is 0 Å². The van der Waals surface area contributed by atoms with E-state index in [1.807, 2.05) is 12.1 Å². The van der Waals surface area contributed by atoms with Gasteiger partial charge < -0.3 is 18.9 Å². The number of rotatable bonds is 11. The highest BCUT2D eigenvalue weighted by Gasteiger charge is 2.01. The molecule has 0 aliphatic rings. The van der Waals surface area contributed by atoms with Crippen LogP contribution in [0.5, 0.6) is 0 Å². The highest BCUT2D eigenvalue weighted by atomic mass is 16.6. The molecule has 1 aromatic rings. The maximum atomic E-state index is 8.86. The fraction of sp³-hybridized carbons (Fsp3) is 0.571. The summed E-state index contributed by atoms with van der Waals surface area (Å²) in [6.45, 7) is 3.58. The molecule has 0 amide bonds. The van der Waals surface area contributed by atoms with Gasteiger partial charge in [0.2, 0.25) is 0 Å². The third-order valence-corrected chi connectivity index (χ3v) is 2.43. The van der Waals surface area contributed by atoms with Gasteiger partial charge in [0.05, 0.1) is 46.2 Å². The molecule has 20 heavy (non-hydrogen) atoms. The van der Waals surface area contributed by atoms with Gasteiger partial charge in [-0.3, -0.25) is 0 Å². The zero-order chi connectivity index (χ0) is 14.5. The minimum Gasteiger partial charge on any atom is -0.382 e. The number of nitriles is 1. The quantitative estimate of drug-likeness (QED) is 0.566. The number of nitrogens with zero attached hydrogens (tertiary/aromatic N) is 2. The summed E-state index contributed by atoms with van der Waals surface area (Å²) in [6, 6.07) is 5.65. The largest absolute Gasteiger partial charge is 0.382 e. The number of aromatic nitrogens is 1. The van der Waals surface area contributed by atoms with E-state index >= 15 is 0 Å². The van der Waals surface area contributed by atoms with Gasteiger partial charge in [0.25, 0.3) is 0 Å². The summed E-state index contributed by atoms with van der Waals surface area (Å²) in [5.74, 6) is 0. The zero-order valence-electron chi connectivity index (χ0n) is 11.7. The van der Waals surface area contributed by atoms with Crippen LogP contribution in [0.4, 0.5) is 0 Å². The summed E-state index contributed by atoms with van der Waals surface area (Å²) in [5, 5.41) is 8.86. The molecule has 1 heterocycles. The normalized spacial score (nSPS) is 10.4. The van der Waals surface area contributed by atoms with Crippen LogP contribution in [0.15, 0.2) is 18.3 Å². The van der Waals surface area contributed by atoms with Gasteiger partial charge >= 0.3 is 0 Å². The smallest absolute Gasteiger partial charge is 0.145 e. The molecule has 0 spiro atoms. The summed E-state index contributed by atoms with van der Waals surface area (Å²) < 4.78 is 20.9. The van der Waals surface area contributed by atoms with E-state index in [-0.39, 0.29) is 0 Å². The molecular weight excluding hydrogens is 260 g/mol. The molecule has 0 aromatic carbocycles. The Balaban J connectivity index is 1.98. The Labute approximate surface area is 119 Å². The van der Waals surface area contributed by atoms with Gasteiger partial charge in [-0.15, -0.1) is 0 Å². The van der Waals surface area contributed by atoms with Crippen molar-refractivity contribution < 1.29 is 18.9 Å². The molecule has 1 rings (SSSR count). The van der Waals surface area contributed by atoms with Gasteiger partial charge in [-0.05, 0) is 6.07 Å². The maximum Gasteiger partial charge on any atom is 0.145 e. The lowest BCUT2D eigenvalue weighted by Crippen LogP contribution is -2.11. The molecule has 110 valence electrons. The van der Waals surface area contributed by atoms with E-state index < -0.39 is 0 Å². The van der Waals surface area contributed by atoms with Crippen LogP contribution in [0, 0.1) is 11.3 Å². The van der Waals surface area contributed by atoms with E-state index in [1.54, 1.807) is 19.4 Å². The third-order valence-electron chi connectivity index (χ3n) is 2.43. The van der Waals surface area contributed by atoms with E-state index in [0.717, 1.165) is 5.56 Å². The molecule has 0 unspecified atom stereocenters. The van der Waals surface area contributed by atoms with Crippen molar-refractivity contribution in [1.29, 1.82) is 5.26 Å². The molecule has 0 atom stereocenters. The van der Waals surface area contributed by atoms with Gasteiger partial charge in [0, 0.05) is 18.9 Å². The van der Waals surface area contributed by atoms with E-state index in [4.69, 9.17) is 24.2 Å². The first-order valence-electron chi connectivity index (χ1n) is 6.44. The van der Waals surface area contributed by atoms with E-state index in [2.05, 4.69) is 4.98 Å². The van der Waals surface area contributed by atoms with Crippen LogP contribution in [0.2, 0.25) is 0 Å². The first kappa shape index (κ1) is 16.5. The monoisotopic (exact) mass is 280 g/mol. The average molecular weight is 280 g/mol. The Morgan fingerprint density at radius 1 is 1.05 bits per heavy atom. The second kappa shape index (κ2) is 11.3. The lowest BCUT2D eigenvalue weighted by atomic mass is 10.2. The molecule has 0 aliphatic carbocycles. The zero-order valence-corrected chi connectivity index (χ0v) is 11.7. The van der Waals surface area contributed by atoms with E-state index in [0.29, 0.717) is 51.9 Å². The number of hydrogen-bond donors (Lipinski definition) is 0. The molecule has 0 N–H and O–H groups in total. The fourth-order valence-corrected chi connectivity index (χ4v) is 1.42. The average Bonchev–Trinajstić information content (AvgIpc) is 2.49. The minimum atomic E-state index is 0.366. The molecule has 6 nitrogen and oxygen atoms in total. The molecule has 0 saturated carbocycles. The molecular formula is C14H20N2O4. The minimum absolute atomic E-state index is 0.366. The topological polar surface area (TPSA) is 73.6 Å². The number of methoxy groups -OCH3 is 1. The van der Waals surface area contributed by atoms with Crippen molar-refractivity contribution >= 4 is 0 Å². The lowest BCUT2D eigenvalue weighted by Gasteiger charge is -2.07. The summed E-state index contributed by atoms with van der Waals surface area (Å²) in [4.78, 5) is 3.96. The molecule has 0 saturated heterocycles.